The summed E-state index contributed by atoms with van der Waals surface area (Å²) >= 11 is 0. The number of ether oxygens (including phenoxy) is 1. The van der Waals surface area contributed by atoms with Gasteiger partial charge in [-0.15, -0.1) is 12.4 Å². The predicted molar refractivity (Wildman–Crippen MR) is 77.0 cm³/mol. The highest BCUT2D eigenvalue weighted by atomic mass is 35.5. The third-order valence-corrected chi connectivity index (χ3v) is 2.89. The van der Waals surface area contributed by atoms with Crippen LogP contribution in [0.2, 0.25) is 0 Å². The second kappa shape index (κ2) is 6.97. The fraction of sp³-hybridized carbons (Fsp3) is 0.385. The molecule has 2 aromatic heterocycles. The van der Waals surface area contributed by atoms with Crippen LogP contribution in [-0.2, 0) is 17.5 Å². The van der Waals surface area contributed by atoms with Crippen LogP contribution in [0.4, 0.5) is 13.2 Å². The van der Waals surface area contributed by atoms with E-state index in [0.29, 0.717) is 5.52 Å². The van der Waals surface area contributed by atoms with Gasteiger partial charge in [0, 0.05) is 13.1 Å². The summed E-state index contributed by atoms with van der Waals surface area (Å²) in [5, 5.41) is 0. The van der Waals surface area contributed by atoms with Gasteiger partial charge in [0.25, 0.3) is 0 Å². The molecule has 0 unspecified atom stereocenters. The molecule has 0 radical (unpaired) electrons. The van der Waals surface area contributed by atoms with Crippen molar-refractivity contribution in [3.8, 4) is 0 Å². The number of esters is 1. The monoisotopic (exact) mass is 337 g/mol. The number of alkyl halides is 3. The van der Waals surface area contributed by atoms with E-state index >= 15 is 0 Å². The zero-order valence-corrected chi connectivity index (χ0v) is 12.5. The summed E-state index contributed by atoms with van der Waals surface area (Å²) in [6.45, 7) is 2.33. The van der Waals surface area contributed by atoms with Gasteiger partial charge in [0.1, 0.15) is 11.4 Å². The van der Waals surface area contributed by atoms with Crippen LogP contribution in [-0.4, -0.2) is 28.7 Å². The summed E-state index contributed by atoms with van der Waals surface area (Å²) in [6.07, 6.45) is -4.53. The van der Waals surface area contributed by atoms with Gasteiger partial charge in [-0.25, -0.2) is 9.78 Å². The minimum absolute atomic E-state index is 0. The van der Waals surface area contributed by atoms with Gasteiger partial charge in [0.2, 0.25) is 0 Å². The van der Waals surface area contributed by atoms with E-state index in [2.05, 4.69) is 4.98 Å². The molecule has 0 aliphatic heterocycles. The van der Waals surface area contributed by atoms with Crippen LogP contribution in [0.15, 0.2) is 18.2 Å². The number of aromatic nitrogens is 2. The van der Waals surface area contributed by atoms with Gasteiger partial charge in [0.05, 0.1) is 17.6 Å². The van der Waals surface area contributed by atoms with Crippen LogP contribution in [0.3, 0.4) is 0 Å². The van der Waals surface area contributed by atoms with Gasteiger partial charge in [0.15, 0.2) is 0 Å². The molecule has 9 heteroatoms. The van der Waals surface area contributed by atoms with E-state index in [1.54, 1.807) is 6.92 Å². The Morgan fingerprint density at radius 3 is 2.64 bits per heavy atom. The minimum Gasteiger partial charge on any atom is -0.461 e. The number of hydrogen-bond donors (Lipinski definition) is 1. The Labute approximate surface area is 130 Å². The zero-order valence-electron chi connectivity index (χ0n) is 11.7. The molecule has 0 fully saturated rings. The highest BCUT2D eigenvalue weighted by molar-refractivity contribution is 5.94. The molecule has 122 valence electrons. The number of hydrogen-bond acceptors (Lipinski definition) is 4. The number of nitrogens with two attached hydrogens (primary N) is 1. The zero-order chi connectivity index (χ0) is 15.6. The summed E-state index contributed by atoms with van der Waals surface area (Å²) in [5.41, 5.74) is 5.12. The number of halogens is 4. The Morgan fingerprint density at radius 2 is 2.09 bits per heavy atom. The Balaban J connectivity index is 0.00000242. The van der Waals surface area contributed by atoms with Crippen LogP contribution >= 0.6 is 12.4 Å². The second-order valence-electron chi connectivity index (χ2n) is 4.29. The van der Waals surface area contributed by atoms with E-state index in [0.717, 1.165) is 6.07 Å². The van der Waals surface area contributed by atoms with Crippen molar-refractivity contribution in [2.24, 2.45) is 5.73 Å². The molecule has 2 aromatic rings. The van der Waals surface area contributed by atoms with Crippen LogP contribution < -0.4 is 5.73 Å². The van der Waals surface area contributed by atoms with Gasteiger partial charge in [-0.05, 0) is 25.1 Å². The molecule has 0 atom stereocenters. The molecule has 22 heavy (non-hydrogen) atoms. The Kier molecular flexibility index (Phi) is 5.78. The molecule has 0 saturated heterocycles. The fourth-order valence-corrected chi connectivity index (χ4v) is 2.04. The molecular formula is C13H15ClF3N3O2. The average molecular weight is 338 g/mol. The van der Waals surface area contributed by atoms with Crippen molar-refractivity contribution in [2.75, 3.05) is 13.2 Å². The van der Waals surface area contributed by atoms with E-state index in [-0.39, 0.29) is 43.3 Å². The van der Waals surface area contributed by atoms with E-state index in [9.17, 15) is 18.0 Å². The third-order valence-electron chi connectivity index (χ3n) is 2.89. The van der Waals surface area contributed by atoms with Crippen molar-refractivity contribution in [1.82, 2.24) is 9.55 Å². The van der Waals surface area contributed by atoms with E-state index < -0.39 is 17.8 Å². The Hall–Kier alpha value is -1.80. The number of rotatable bonds is 4. The summed E-state index contributed by atoms with van der Waals surface area (Å²) in [7, 11) is 0. The quantitative estimate of drug-likeness (QED) is 0.871. The summed E-state index contributed by atoms with van der Waals surface area (Å²) in [5.74, 6) is -0.613. The minimum atomic E-state index is -4.53. The lowest BCUT2D eigenvalue weighted by atomic mass is 10.3. The maximum absolute atomic E-state index is 12.7. The van der Waals surface area contributed by atoms with Gasteiger partial charge in [-0.3, -0.25) is 0 Å². The largest absolute Gasteiger partial charge is 0.461 e. The molecule has 0 bridgehead atoms. The van der Waals surface area contributed by atoms with Crippen LogP contribution in [0.25, 0.3) is 11.0 Å². The number of fused-ring (bicyclic) bond motifs is 1. The average Bonchev–Trinajstić information content (AvgIpc) is 2.77. The lowest BCUT2D eigenvalue weighted by Gasteiger charge is -2.09. The molecule has 0 aromatic carbocycles. The summed E-state index contributed by atoms with van der Waals surface area (Å²) in [4.78, 5) is 15.4. The first-order chi connectivity index (χ1) is 9.88. The molecule has 5 nitrogen and oxygen atoms in total. The normalized spacial score (nSPS) is 11.3. The molecule has 2 N–H and O–H groups in total. The van der Waals surface area contributed by atoms with Crippen LogP contribution in [0, 0.1) is 0 Å². The van der Waals surface area contributed by atoms with E-state index in [1.165, 1.54) is 16.7 Å². The van der Waals surface area contributed by atoms with Crippen molar-refractivity contribution < 1.29 is 22.7 Å². The van der Waals surface area contributed by atoms with Crippen molar-refractivity contribution in [1.29, 1.82) is 0 Å². The van der Waals surface area contributed by atoms with E-state index in [1.807, 2.05) is 0 Å². The fourth-order valence-electron chi connectivity index (χ4n) is 2.04. The molecule has 2 heterocycles. The molecule has 0 aliphatic carbocycles. The van der Waals surface area contributed by atoms with Gasteiger partial charge in [-0.2, -0.15) is 13.2 Å². The van der Waals surface area contributed by atoms with Crippen molar-refractivity contribution in [3.63, 3.8) is 0 Å². The first kappa shape index (κ1) is 18.2. The summed E-state index contributed by atoms with van der Waals surface area (Å²) in [6, 6.07) is 3.45. The van der Waals surface area contributed by atoms with Crippen molar-refractivity contribution in [3.05, 3.63) is 29.6 Å². The Bertz CT molecular complexity index is 670. The standard InChI is InChI=1S/C13H14F3N3O2.ClH/c1-2-21-12(20)10-7-8-9(19(10)6-5-17)3-4-11(18-8)13(14,15)16;/h3-4,7H,2,5-6,17H2,1H3;1H. The van der Waals surface area contributed by atoms with Gasteiger partial charge in [-0.1, -0.05) is 0 Å². The SMILES string of the molecule is CCOC(=O)c1cc2nc(C(F)(F)F)ccc2n1CCN.Cl. The smallest absolute Gasteiger partial charge is 0.433 e. The molecule has 0 spiro atoms. The number of pyridine rings is 1. The van der Waals surface area contributed by atoms with Crippen molar-refractivity contribution >= 4 is 29.4 Å². The maximum atomic E-state index is 12.7. The first-order valence-electron chi connectivity index (χ1n) is 6.33. The molecule has 2 rings (SSSR count). The van der Waals surface area contributed by atoms with Crippen LogP contribution in [0.5, 0.6) is 0 Å². The highest BCUT2D eigenvalue weighted by Gasteiger charge is 2.33. The molecular weight excluding hydrogens is 323 g/mol. The number of nitrogens with zero attached hydrogens (tertiary/aromatic N) is 2. The van der Waals surface area contributed by atoms with Gasteiger partial charge < -0.3 is 15.0 Å². The Morgan fingerprint density at radius 1 is 1.41 bits per heavy atom. The lowest BCUT2D eigenvalue weighted by molar-refractivity contribution is -0.140. The molecule has 0 aliphatic rings. The topological polar surface area (TPSA) is 70.1 Å². The maximum Gasteiger partial charge on any atom is 0.433 e. The predicted octanol–water partition coefficient (Wildman–Crippen LogP) is 2.61. The number of carbonyl (C=O) groups excluding carboxylic acids is 1. The highest BCUT2D eigenvalue weighted by Crippen LogP contribution is 2.30. The molecule has 0 saturated carbocycles. The third kappa shape index (κ3) is 3.50. The van der Waals surface area contributed by atoms with Gasteiger partial charge >= 0.3 is 12.1 Å². The molecule has 0 amide bonds. The second-order valence-corrected chi connectivity index (χ2v) is 4.29. The van der Waals surface area contributed by atoms with Crippen molar-refractivity contribution in [2.45, 2.75) is 19.6 Å². The number of carbonyl (C=O) groups is 1. The first-order valence-corrected chi connectivity index (χ1v) is 6.33. The van der Waals surface area contributed by atoms with E-state index in [4.69, 9.17) is 10.5 Å². The summed E-state index contributed by atoms with van der Waals surface area (Å²) < 4.78 is 44.4. The van der Waals surface area contributed by atoms with Crippen LogP contribution in [0.1, 0.15) is 23.1 Å². The lowest BCUT2D eigenvalue weighted by Crippen LogP contribution is -2.16.